The van der Waals surface area contributed by atoms with Gasteiger partial charge in [-0.3, -0.25) is 4.99 Å². The maximum atomic E-state index is 6.12. The van der Waals surface area contributed by atoms with E-state index in [4.69, 9.17) is 5.73 Å². The van der Waals surface area contributed by atoms with E-state index in [1.807, 2.05) is 0 Å². The molecular formula is C14H20N4. The molecule has 1 unspecified atom stereocenters. The molecule has 1 aromatic carbocycles. The molecule has 0 radical (unpaired) electrons. The number of nitrogens with zero attached hydrogens (tertiary/aromatic N) is 3. The Hall–Kier alpha value is -1.55. The Morgan fingerprint density at radius 3 is 2.89 bits per heavy atom. The van der Waals surface area contributed by atoms with Gasteiger partial charge in [0.2, 0.25) is 0 Å². The molecule has 0 aromatic heterocycles. The molecule has 2 aliphatic heterocycles. The second-order valence-electron chi connectivity index (χ2n) is 5.56. The van der Waals surface area contributed by atoms with Crippen LogP contribution in [0.2, 0.25) is 0 Å². The average molecular weight is 244 g/mol. The van der Waals surface area contributed by atoms with Crippen LogP contribution in [0.15, 0.2) is 29.3 Å². The third kappa shape index (κ3) is 1.68. The van der Waals surface area contributed by atoms with Crippen molar-refractivity contribution in [3.05, 3.63) is 29.8 Å². The van der Waals surface area contributed by atoms with Crippen LogP contribution in [0.3, 0.4) is 0 Å². The van der Waals surface area contributed by atoms with Crippen molar-refractivity contribution in [1.29, 1.82) is 0 Å². The summed E-state index contributed by atoms with van der Waals surface area (Å²) in [7, 11) is 2.16. The second kappa shape index (κ2) is 3.99. The monoisotopic (exact) mass is 244 g/mol. The Balaban J connectivity index is 2.00. The van der Waals surface area contributed by atoms with Gasteiger partial charge in [-0.15, -0.1) is 0 Å². The molecule has 2 N–H and O–H groups in total. The number of aliphatic imine (C=N–C) groups is 1. The summed E-state index contributed by atoms with van der Waals surface area (Å²) in [6.45, 7) is 5.08. The molecule has 2 aliphatic rings. The number of hydrogen-bond donors (Lipinski definition) is 1. The minimum atomic E-state index is 0.0760. The molecule has 18 heavy (non-hydrogen) atoms. The first kappa shape index (κ1) is 11.5. The molecule has 1 spiro atoms. The highest BCUT2D eigenvalue weighted by molar-refractivity contribution is 5.98. The van der Waals surface area contributed by atoms with Crippen LogP contribution in [-0.4, -0.2) is 43.1 Å². The van der Waals surface area contributed by atoms with E-state index in [-0.39, 0.29) is 5.54 Å². The molecular weight excluding hydrogens is 224 g/mol. The molecule has 0 saturated carbocycles. The Bertz CT molecular complexity index is 496. The van der Waals surface area contributed by atoms with Crippen molar-refractivity contribution in [1.82, 2.24) is 4.90 Å². The highest BCUT2D eigenvalue weighted by Gasteiger charge is 2.47. The molecule has 4 heteroatoms. The number of anilines is 1. The van der Waals surface area contributed by atoms with Crippen molar-refractivity contribution in [2.45, 2.75) is 18.9 Å². The molecule has 1 atom stereocenters. The molecule has 2 heterocycles. The Morgan fingerprint density at radius 1 is 1.39 bits per heavy atom. The van der Waals surface area contributed by atoms with Crippen LogP contribution in [-0.2, 0) is 0 Å². The summed E-state index contributed by atoms with van der Waals surface area (Å²) in [6.07, 6.45) is 1.13. The summed E-state index contributed by atoms with van der Waals surface area (Å²) in [5, 5.41) is 0. The SMILES string of the molecule is Cc1cccc(N2C(N)=NCC23CCN(C)C3)c1. The van der Waals surface area contributed by atoms with Gasteiger partial charge in [-0.25, -0.2) is 0 Å². The van der Waals surface area contributed by atoms with E-state index in [1.54, 1.807) is 0 Å². The smallest absolute Gasteiger partial charge is 0.196 e. The third-order valence-electron chi connectivity index (χ3n) is 4.02. The molecule has 0 amide bonds. The van der Waals surface area contributed by atoms with Crippen molar-refractivity contribution < 1.29 is 0 Å². The lowest BCUT2D eigenvalue weighted by atomic mass is 9.96. The van der Waals surface area contributed by atoms with Crippen molar-refractivity contribution >= 4 is 11.6 Å². The van der Waals surface area contributed by atoms with Crippen LogP contribution in [0.1, 0.15) is 12.0 Å². The van der Waals surface area contributed by atoms with Gasteiger partial charge in [0.15, 0.2) is 5.96 Å². The van der Waals surface area contributed by atoms with Gasteiger partial charge in [-0.1, -0.05) is 12.1 Å². The fraction of sp³-hybridized carbons (Fsp3) is 0.500. The zero-order valence-electron chi connectivity index (χ0n) is 11.1. The summed E-state index contributed by atoms with van der Waals surface area (Å²) in [4.78, 5) is 9.08. The normalized spacial score (nSPS) is 28.1. The number of guanidine groups is 1. The Morgan fingerprint density at radius 2 is 2.22 bits per heavy atom. The van der Waals surface area contributed by atoms with Gasteiger partial charge in [0.25, 0.3) is 0 Å². The van der Waals surface area contributed by atoms with E-state index >= 15 is 0 Å². The fourth-order valence-corrected chi connectivity index (χ4v) is 3.16. The van der Waals surface area contributed by atoms with Crippen LogP contribution in [0.5, 0.6) is 0 Å². The predicted molar refractivity (Wildman–Crippen MR) is 75.0 cm³/mol. The fourth-order valence-electron chi connectivity index (χ4n) is 3.16. The molecule has 0 bridgehead atoms. The van der Waals surface area contributed by atoms with Crippen LogP contribution in [0, 0.1) is 6.92 Å². The zero-order valence-corrected chi connectivity index (χ0v) is 11.1. The number of likely N-dealkylation sites (tertiary alicyclic amines) is 1. The van der Waals surface area contributed by atoms with Gasteiger partial charge in [0, 0.05) is 18.8 Å². The van der Waals surface area contributed by atoms with E-state index < -0.39 is 0 Å². The molecule has 0 aliphatic carbocycles. The van der Waals surface area contributed by atoms with Gasteiger partial charge in [-0.05, 0) is 38.1 Å². The lowest BCUT2D eigenvalue weighted by molar-refractivity contribution is 0.379. The van der Waals surface area contributed by atoms with E-state index in [1.165, 1.54) is 11.3 Å². The standard InChI is InChI=1S/C14H20N4/c1-11-4-3-5-12(8-11)18-13(15)16-9-14(18)6-7-17(2)10-14/h3-5,8H,6-7,9-10H2,1-2H3,(H2,15,16). The first-order valence-electron chi connectivity index (χ1n) is 6.46. The molecule has 4 nitrogen and oxygen atoms in total. The average Bonchev–Trinajstić information content (AvgIpc) is 2.84. The molecule has 1 fully saturated rings. The van der Waals surface area contributed by atoms with E-state index in [0.29, 0.717) is 5.96 Å². The van der Waals surface area contributed by atoms with E-state index in [0.717, 1.165) is 26.1 Å². The van der Waals surface area contributed by atoms with Crippen molar-refractivity contribution in [3.8, 4) is 0 Å². The van der Waals surface area contributed by atoms with Gasteiger partial charge in [0.1, 0.15) is 0 Å². The van der Waals surface area contributed by atoms with Gasteiger partial charge in [-0.2, -0.15) is 0 Å². The molecule has 1 saturated heterocycles. The van der Waals surface area contributed by atoms with Gasteiger partial charge < -0.3 is 15.5 Å². The van der Waals surface area contributed by atoms with Crippen LogP contribution >= 0.6 is 0 Å². The largest absolute Gasteiger partial charge is 0.369 e. The summed E-state index contributed by atoms with van der Waals surface area (Å²) >= 11 is 0. The minimum Gasteiger partial charge on any atom is -0.369 e. The van der Waals surface area contributed by atoms with Gasteiger partial charge >= 0.3 is 0 Å². The number of likely N-dealkylation sites (N-methyl/N-ethyl adjacent to an activating group) is 1. The summed E-state index contributed by atoms with van der Waals surface area (Å²) in [5.41, 5.74) is 8.62. The lowest BCUT2D eigenvalue weighted by Gasteiger charge is -2.36. The number of rotatable bonds is 1. The highest BCUT2D eigenvalue weighted by atomic mass is 15.4. The summed E-state index contributed by atoms with van der Waals surface area (Å²) in [6, 6.07) is 8.51. The second-order valence-corrected chi connectivity index (χ2v) is 5.56. The van der Waals surface area contributed by atoms with E-state index in [9.17, 15) is 0 Å². The van der Waals surface area contributed by atoms with Gasteiger partial charge in [0.05, 0.1) is 12.1 Å². The third-order valence-corrected chi connectivity index (χ3v) is 4.02. The topological polar surface area (TPSA) is 44.9 Å². The number of aryl methyl sites for hydroxylation is 1. The minimum absolute atomic E-state index is 0.0760. The van der Waals surface area contributed by atoms with Crippen molar-refractivity contribution in [3.63, 3.8) is 0 Å². The maximum Gasteiger partial charge on any atom is 0.196 e. The predicted octanol–water partition coefficient (Wildman–Crippen LogP) is 1.20. The highest BCUT2D eigenvalue weighted by Crippen LogP contribution is 2.35. The molecule has 1 aromatic rings. The molecule has 3 rings (SSSR count). The Kier molecular flexibility index (Phi) is 2.55. The van der Waals surface area contributed by atoms with Crippen LogP contribution in [0.25, 0.3) is 0 Å². The number of benzene rings is 1. The molecule has 96 valence electrons. The quantitative estimate of drug-likeness (QED) is 0.807. The van der Waals surface area contributed by atoms with Crippen LogP contribution < -0.4 is 10.6 Å². The van der Waals surface area contributed by atoms with Crippen molar-refractivity contribution in [2.75, 3.05) is 31.6 Å². The van der Waals surface area contributed by atoms with E-state index in [2.05, 4.69) is 53.0 Å². The maximum absolute atomic E-state index is 6.12. The van der Waals surface area contributed by atoms with Crippen molar-refractivity contribution in [2.24, 2.45) is 10.7 Å². The first-order valence-corrected chi connectivity index (χ1v) is 6.46. The van der Waals surface area contributed by atoms with Crippen LogP contribution in [0.4, 0.5) is 5.69 Å². The zero-order chi connectivity index (χ0) is 12.8. The summed E-state index contributed by atoms with van der Waals surface area (Å²) < 4.78 is 0. The Labute approximate surface area is 108 Å². The lowest BCUT2D eigenvalue weighted by Crippen LogP contribution is -2.53. The number of nitrogens with two attached hydrogens (primary N) is 1. The number of hydrogen-bond acceptors (Lipinski definition) is 4. The summed E-state index contributed by atoms with van der Waals surface area (Å²) in [5.74, 6) is 0.663. The first-order chi connectivity index (χ1) is 8.61.